The van der Waals surface area contributed by atoms with Gasteiger partial charge in [0.15, 0.2) is 12.4 Å². The molecule has 0 aromatic heterocycles. The lowest BCUT2D eigenvalue weighted by atomic mass is 10.1. The molecule has 0 atom stereocenters. The number of esters is 1. The van der Waals surface area contributed by atoms with Crippen molar-refractivity contribution < 1.29 is 23.9 Å². The van der Waals surface area contributed by atoms with Crippen LogP contribution in [0.25, 0.3) is 0 Å². The van der Waals surface area contributed by atoms with Crippen LogP contribution in [0, 0.1) is 0 Å². The summed E-state index contributed by atoms with van der Waals surface area (Å²) in [4.78, 5) is 36.9. The molecule has 2 aromatic carbocycles. The number of amides is 1. The monoisotopic (exact) mass is 421 g/mol. The molecular weight excluding hydrogens is 402 g/mol. The number of carbonyl (C=O) groups is 3. The second kappa shape index (κ2) is 10.7. The molecule has 148 valence electrons. The van der Waals surface area contributed by atoms with Crippen LogP contribution in [0.3, 0.4) is 0 Å². The van der Waals surface area contributed by atoms with Crippen molar-refractivity contribution in [3.63, 3.8) is 0 Å². The summed E-state index contributed by atoms with van der Waals surface area (Å²) in [6.45, 7) is -0.467. The molecule has 0 heterocycles. The third kappa shape index (κ3) is 6.58. The number of hydrogen-bond acceptors (Lipinski definition) is 6. The summed E-state index contributed by atoms with van der Waals surface area (Å²) in [7, 11) is 1.46. The molecule has 0 aliphatic heterocycles. The summed E-state index contributed by atoms with van der Waals surface area (Å²) in [6.07, 6.45) is 1.86. The van der Waals surface area contributed by atoms with E-state index in [0.29, 0.717) is 22.0 Å². The van der Waals surface area contributed by atoms with Gasteiger partial charge in [-0.15, -0.1) is 11.8 Å². The fourth-order valence-corrected chi connectivity index (χ4v) is 2.90. The van der Waals surface area contributed by atoms with Gasteiger partial charge in [0, 0.05) is 21.9 Å². The van der Waals surface area contributed by atoms with Crippen molar-refractivity contribution in [2.45, 2.75) is 17.7 Å². The van der Waals surface area contributed by atoms with Crippen LogP contribution >= 0.6 is 23.4 Å². The second-order valence-corrected chi connectivity index (χ2v) is 7.02. The minimum absolute atomic E-state index is 0.0151. The Balaban J connectivity index is 1.78. The molecule has 6 nitrogen and oxygen atoms in total. The summed E-state index contributed by atoms with van der Waals surface area (Å²) < 4.78 is 10.1. The van der Waals surface area contributed by atoms with E-state index in [1.807, 2.05) is 18.4 Å². The molecule has 0 saturated carbocycles. The number of Topliss-reactive ketones (excluding diaryl/α,β-unsaturated/α-hetero) is 1. The fourth-order valence-electron chi connectivity index (χ4n) is 2.32. The van der Waals surface area contributed by atoms with Crippen LogP contribution in [0.4, 0.5) is 5.69 Å². The molecule has 2 aromatic rings. The molecule has 0 aliphatic rings. The van der Waals surface area contributed by atoms with Crippen molar-refractivity contribution in [1.29, 1.82) is 0 Å². The van der Waals surface area contributed by atoms with Crippen LogP contribution in [0.5, 0.6) is 5.75 Å². The molecule has 0 aliphatic carbocycles. The number of ketones is 1. The molecule has 28 heavy (non-hydrogen) atoms. The molecule has 0 saturated heterocycles. The average Bonchev–Trinajstić information content (AvgIpc) is 2.70. The lowest BCUT2D eigenvalue weighted by molar-refractivity contribution is -0.147. The number of ether oxygens (including phenoxy) is 2. The first-order chi connectivity index (χ1) is 13.4. The molecule has 1 amide bonds. The van der Waals surface area contributed by atoms with E-state index in [-0.39, 0.29) is 18.6 Å². The van der Waals surface area contributed by atoms with Crippen LogP contribution in [0.1, 0.15) is 23.2 Å². The van der Waals surface area contributed by atoms with E-state index in [1.165, 1.54) is 13.2 Å². The van der Waals surface area contributed by atoms with Crippen molar-refractivity contribution in [1.82, 2.24) is 0 Å². The van der Waals surface area contributed by atoms with Crippen LogP contribution in [-0.2, 0) is 14.3 Å². The lowest BCUT2D eigenvalue weighted by Crippen LogP contribution is -2.21. The zero-order valence-corrected chi connectivity index (χ0v) is 17.1. The number of halogens is 1. The SMILES string of the molecule is COc1ccc(Cl)cc1NC(=O)COC(=O)CCC(=O)c1ccc(SC)cc1. The molecule has 0 bridgehead atoms. The van der Waals surface area contributed by atoms with Gasteiger partial charge in [-0.25, -0.2) is 0 Å². The van der Waals surface area contributed by atoms with E-state index in [9.17, 15) is 14.4 Å². The highest BCUT2D eigenvalue weighted by atomic mass is 35.5. The van der Waals surface area contributed by atoms with E-state index in [2.05, 4.69) is 5.32 Å². The molecular formula is C20H20ClNO5S. The largest absolute Gasteiger partial charge is 0.495 e. The molecule has 1 N–H and O–H groups in total. The predicted molar refractivity (Wildman–Crippen MR) is 109 cm³/mol. The highest BCUT2D eigenvalue weighted by Crippen LogP contribution is 2.27. The van der Waals surface area contributed by atoms with Gasteiger partial charge in [-0.1, -0.05) is 23.7 Å². The van der Waals surface area contributed by atoms with Crippen molar-refractivity contribution in [2.75, 3.05) is 25.3 Å². The third-order valence-corrected chi connectivity index (χ3v) is 4.75. The number of nitrogens with one attached hydrogen (secondary N) is 1. The molecule has 0 unspecified atom stereocenters. The fraction of sp³-hybridized carbons (Fsp3) is 0.250. The molecule has 8 heteroatoms. The minimum Gasteiger partial charge on any atom is -0.495 e. The van der Waals surface area contributed by atoms with Gasteiger partial charge < -0.3 is 14.8 Å². The van der Waals surface area contributed by atoms with Crippen molar-refractivity contribution in [2.24, 2.45) is 0 Å². The number of benzene rings is 2. The maximum Gasteiger partial charge on any atom is 0.306 e. The second-order valence-electron chi connectivity index (χ2n) is 5.71. The smallest absolute Gasteiger partial charge is 0.306 e. The lowest BCUT2D eigenvalue weighted by Gasteiger charge is -2.10. The predicted octanol–water partition coefficient (Wildman–Crippen LogP) is 4.22. The first-order valence-electron chi connectivity index (χ1n) is 8.39. The zero-order valence-electron chi connectivity index (χ0n) is 15.5. The topological polar surface area (TPSA) is 81.7 Å². The van der Waals surface area contributed by atoms with Crippen LogP contribution in [0.15, 0.2) is 47.4 Å². The Morgan fingerprint density at radius 2 is 1.79 bits per heavy atom. The van der Waals surface area contributed by atoms with Gasteiger partial charge in [-0.05, 0) is 36.6 Å². The van der Waals surface area contributed by atoms with Gasteiger partial charge in [-0.3, -0.25) is 14.4 Å². The Morgan fingerprint density at radius 1 is 1.07 bits per heavy atom. The first-order valence-corrected chi connectivity index (χ1v) is 9.99. The molecule has 0 spiro atoms. The standard InChI is InChI=1S/C20H20ClNO5S/c1-26-18-9-5-14(21)11-16(18)22-19(24)12-27-20(25)10-8-17(23)13-3-6-15(28-2)7-4-13/h3-7,9,11H,8,10,12H2,1-2H3,(H,22,24). The number of methoxy groups -OCH3 is 1. The summed E-state index contributed by atoms with van der Waals surface area (Å²) >= 11 is 7.48. The van der Waals surface area contributed by atoms with Gasteiger partial charge in [0.2, 0.25) is 0 Å². The Morgan fingerprint density at radius 3 is 2.43 bits per heavy atom. The normalized spacial score (nSPS) is 10.2. The van der Waals surface area contributed by atoms with Gasteiger partial charge in [0.25, 0.3) is 5.91 Å². The molecule has 2 rings (SSSR count). The summed E-state index contributed by atoms with van der Waals surface area (Å²) in [5.74, 6) is -0.880. The van der Waals surface area contributed by atoms with Gasteiger partial charge in [0.1, 0.15) is 5.75 Å². The number of hydrogen-bond donors (Lipinski definition) is 1. The molecule has 0 radical (unpaired) electrons. The Bertz CT molecular complexity index is 854. The quantitative estimate of drug-likeness (QED) is 0.371. The van der Waals surface area contributed by atoms with E-state index in [1.54, 1.807) is 36.0 Å². The minimum atomic E-state index is -0.623. The Labute approximate surface area is 172 Å². The zero-order chi connectivity index (χ0) is 20.5. The number of rotatable bonds is 9. The number of anilines is 1. The van der Waals surface area contributed by atoms with Crippen LogP contribution in [0.2, 0.25) is 5.02 Å². The van der Waals surface area contributed by atoms with Crippen molar-refractivity contribution in [3.8, 4) is 5.75 Å². The maximum absolute atomic E-state index is 12.1. The van der Waals surface area contributed by atoms with Gasteiger partial charge in [-0.2, -0.15) is 0 Å². The Hall–Kier alpha value is -2.51. The van der Waals surface area contributed by atoms with Gasteiger partial charge in [0.05, 0.1) is 19.2 Å². The van der Waals surface area contributed by atoms with E-state index in [4.69, 9.17) is 21.1 Å². The molecule has 0 fully saturated rings. The Kier molecular flexibility index (Phi) is 8.35. The number of carbonyl (C=O) groups excluding carboxylic acids is 3. The van der Waals surface area contributed by atoms with Crippen LogP contribution < -0.4 is 10.1 Å². The van der Waals surface area contributed by atoms with E-state index in [0.717, 1.165) is 4.90 Å². The van der Waals surface area contributed by atoms with Crippen molar-refractivity contribution in [3.05, 3.63) is 53.1 Å². The highest BCUT2D eigenvalue weighted by Gasteiger charge is 2.13. The van der Waals surface area contributed by atoms with Crippen molar-refractivity contribution >= 4 is 46.7 Å². The van der Waals surface area contributed by atoms with Crippen LogP contribution in [-0.4, -0.2) is 37.6 Å². The van der Waals surface area contributed by atoms with E-state index >= 15 is 0 Å². The third-order valence-electron chi connectivity index (χ3n) is 3.77. The first kappa shape index (κ1) is 21.8. The summed E-state index contributed by atoms with van der Waals surface area (Å²) in [6, 6.07) is 11.9. The average molecular weight is 422 g/mol. The summed E-state index contributed by atoms with van der Waals surface area (Å²) in [5, 5.41) is 2.99. The highest BCUT2D eigenvalue weighted by molar-refractivity contribution is 7.98. The summed E-state index contributed by atoms with van der Waals surface area (Å²) in [5.41, 5.74) is 0.913. The maximum atomic E-state index is 12.1. The van der Waals surface area contributed by atoms with E-state index < -0.39 is 18.5 Å². The van der Waals surface area contributed by atoms with Gasteiger partial charge >= 0.3 is 5.97 Å². The number of thioether (sulfide) groups is 1.